The summed E-state index contributed by atoms with van der Waals surface area (Å²) in [4.78, 5) is 14.0. The van der Waals surface area contributed by atoms with Crippen LogP contribution in [-0.4, -0.2) is 50.1 Å². The summed E-state index contributed by atoms with van der Waals surface area (Å²) in [5.41, 5.74) is 0.225. The Morgan fingerprint density at radius 1 is 1.48 bits per heavy atom. The summed E-state index contributed by atoms with van der Waals surface area (Å²) in [7, 11) is 0. The molecule has 0 saturated carbocycles. The predicted molar refractivity (Wildman–Crippen MR) is 82.0 cm³/mol. The predicted octanol–water partition coefficient (Wildman–Crippen LogP) is 1.90. The van der Waals surface area contributed by atoms with Gasteiger partial charge in [-0.3, -0.25) is 4.79 Å². The fourth-order valence-electron chi connectivity index (χ4n) is 2.54. The fraction of sp³-hybridized carbons (Fsp3) is 0.400. The molecule has 1 fully saturated rings. The maximum atomic E-state index is 14.0. The minimum atomic E-state index is -0.625. The van der Waals surface area contributed by atoms with Gasteiger partial charge in [-0.2, -0.15) is 0 Å². The quantitative estimate of drug-likeness (QED) is 0.908. The molecule has 1 aliphatic rings. The molecule has 1 aromatic carbocycles. The molecule has 0 radical (unpaired) electrons. The van der Waals surface area contributed by atoms with Crippen LogP contribution in [0.1, 0.15) is 23.8 Å². The lowest BCUT2D eigenvalue weighted by molar-refractivity contribution is 0.0245. The molecular formula is C15H16ClFN4O2. The number of aliphatic hydroxyl groups excluding tert-OH is 1. The van der Waals surface area contributed by atoms with Crippen LogP contribution in [-0.2, 0) is 0 Å². The molecule has 0 aliphatic carbocycles. The van der Waals surface area contributed by atoms with Gasteiger partial charge in [0.15, 0.2) is 11.5 Å². The van der Waals surface area contributed by atoms with E-state index in [2.05, 4.69) is 10.3 Å². The first-order valence-electron chi connectivity index (χ1n) is 7.31. The molecule has 1 saturated heterocycles. The number of rotatable bonds is 2. The van der Waals surface area contributed by atoms with Crippen molar-refractivity contribution in [3.8, 4) is 5.69 Å². The van der Waals surface area contributed by atoms with Gasteiger partial charge in [0.1, 0.15) is 5.69 Å². The van der Waals surface area contributed by atoms with Crippen molar-refractivity contribution in [1.29, 1.82) is 0 Å². The lowest BCUT2D eigenvalue weighted by atomic mass is 9.96. The van der Waals surface area contributed by atoms with E-state index in [0.717, 1.165) is 6.42 Å². The Balaban J connectivity index is 1.82. The van der Waals surface area contributed by atoms with Crippen LogP contribution in [0.15, 0.2) is 24.4 Å². The van der Waals surface area contributed by atoms with Crippen molar-refractivity contribution in [3.05, 3.63) is 40.9 Å². The van der Waals surface area contributed by atoms with Gasteiger partial charge in [-0.25, -0.2) is 9.07 Å². The van der Waals surface area contributed by atoms with Gasteiger partial charge in [0.25, 0.3) is 5.91 Å². The number of hydrogen-bond acceptors (Lipinski definition) is 4. The monoisotopic (exact) mass is 338 g/mol. The Hall–Kier alpha value is -1.99. The number of carbonyl (C=O) groups is 1. The van der Waals surface area contributed by atoms with Crippen LogP contribution in [0.4, 0.5) is 4.39 Å². The molecule has 2 atom stereocenters. The van der Waals surface area contributed by atoms with Gasteiger partial charge in [0.2, 0.25) is 0 Å². The fourth-order valence-corrected chi connectivity index (χ4v) is 2.71. The molecule has 2 aromatic rings. The van der Waals surface area contributed by atoms with E-state index in [1.54, 1.807) is 6.07 Å². The van der Waals surface area contributed by atoms with E-state index < -0.39 is 11.9 Å². The molecule has 23 heavy (non-hydrogen) atoms. The third-order valence-corrected chi connectivity index (χ3v) is 4.39. The normalized spacial score (nSPS) is 21.5. The SMILES string of the molecule is C[C@H]1CCN(C(=O)c2cn(-c3cccc(Cl)c3F)nn2)C[C@H]1O. The number of aromatic nitrogens is 3. The minimum absolute atomic E-state index is 0.0287. The highest BCUT2D eigenvalue weighted by molar-refractivity contribution is 6.30. The van der Waals surface area contributed by atoms with Crippen molar-refractivity contribution >= 4 is 17.5 Å². The summed E-state index contributed by atoms with van der Waals surface area (Å²) in [5.74, 6) is -0.791. The van der Waals surface area contributed by atoms with Gasteiger partial charge < -0.3 is 10.0 Å². The van der Waals surface area contributed by atoms with Gasteiger partial charge >= 0.3 is 0 Å². The summed E-state index contributed by atoms with van der Waals surface area (Å²) < 4.78 is 15.2. The van der Waals surface area contributed by atoms with Crippen molar-refractivity contribution in [1.82, 2.24) is 19.9 Å². The summed E-state index contributed by atoms with van der Waals surface area (Å²) in [6, 6.07) is 4.52. The zero-order chi connectivity index (χ0) is 16.6. The zero-order valence-electron chi connectivity index (χ0n) is 12.5. The van der Waals surface area contributed by atoms with Crippen molar-refractivity contribution in [2.24, 2.45) is 5.92 Å². The van der Waals surface area contributed by atoms with Crippen LogP contribution in [0.3, 0.4) is 0 Å². The van der Waals surface area contributed by atoms with E-state index in [1.165, 1.54) is 27.9 Å². The van der Waals surface area contributed by atoms with Crippen molar-refractivity contribution in [3.63, 3.8) is 0 Å². The molecule has 1 aromatic heterocycles. The molecule has 6 nitrogen and oxygen atoms in total. The average molecular weight is 339 g/mol. The largest absolute Gasteiger partial charge is 0.391 e. The Kier molecular flexibility index (Phi) is 4.32. The Bertz CT molecular complexity index is 736. The highest BCUT2D eigenvalue weighted by Crippen LogP contribution is 2.22. The second kappa shape index (κ2) is 6.25. The summed E-state index contributed by atoms with van der Waals surface area (Å²) >= 11 is 5.75. The lowest BCUT2D eigenvalue weighted by Gasteiger charge is -2.33. The summed E-state index contributed by atoms with van der Waals surface area (Å²) in [6.07, 6.45) is 1.54. The summed E-state index contributed by atoms with van der Waals surface area (Å²) in [6.45, 7) is 2.76. The summed E-state index contributed by atoms with van der Waals surface area (Å²) in [5, 5.41) is 17.5. The highest BCUT2D eigenvalue weighted by Gasteiger charge is 2.29. The van der Waals surface area contributed by atoms with Crippen LogP contribution >= 0.6 is 11.6 Å². The topological polar surface area (TPSA) is 71.2 Å². The van der Waals surface area contributed by atoms with E-state index in [-0.39, 0.29) is 34.8 Å². The number of hydrogen-bond donors (Lipinski definition) is 1. The van der Waals surface area contributed by atoms with Crippen LogP contribution in [0.2, 0.25) is 5.02 Å². The van der Waals surface area contributed by atoms with E-state index >= 15 is 0 Å². The van der Waals surface area contributed by atoms with Gasteiger partial charge in [0, 0.05) is 13.1 Å². The van der Waals surface area contributed by atoms with E-state index in [1.807, 2.05) is 6.92 Å². The number of amides is 1. The van der Waals surface area contributed by atoms with Crippen molar-refractivity contribution in [2.45, 2.75) is 19.4 Å². The number of halogens is 2. The second-order valence-corrected chi connectivity index (χ2v) is 6.11. The minimum Gasteiger partial charge on any atom is -0.391 e. The molecule has 0 unspecified atom stereocenters. The molecule has 2 heterocycles. The number of carbonyl (C=O) groups excluding carboxylic acids is 1. The van der Waals surface area contributed by atoms with E-state index in [4.69, 9.17) is 11.6 Å². The first-order valence-corrected chi connectivity index (χ1v) is 7.69. The maximum absolute atomic E-state index is 14.0. The highest BCUT2D eigenvalue weighted by atomic mass is 35.5. The average Bonchev–Trinajstić information content (AvgIpc) is 3.01. The molecule has 1 N–H and O–H groups in total. The number of piperidine rings is 1. The van der Waals surface area contributed by atoms with Gasteiger partial charge in [-0.15, -0.1) is 5.10 Å². The lowest BCUT2D eigenvalue weighted by Crippen LogP contribution is -2.45. The Morgan fingerprint density at radius 3 is 3.00 bits per heavy atom. The Labute approximate surface area is 137 Å². The van der Waals surface area contributed by atoms with Crippen molar-refractivity contribution < 1.29 is 14.3 Å². The molecule has 3 rings (SSSR count). The molecule has 1 aliphatic heterocycles. The molecular weight excluding hydrogens is 323 g/mol. The van der Waals surface area contributed by atoms with Crippen LogP contribution in [0.5, 0.6) is 0 Å². The number of aliphatic hydroxyl groups is 1. The molecule has 8 heteroatoms. The first kappa shape index (κ1) is 15.9. The third kappa shape index (κ3) is 3.07. The van der Waals surface area contributed by atoms with Gasteiger partial charge in [-0.05, 0) is 24.5 Å². The van der Waals surface area contributed by atoms with Gasteiger partial charge in [-0.1, -0.05) is 29.8 Å². The van der Waals surface area contributed by atoms with Crippen LogP contribution in [0.25, 0.3) is 5.69 Å². The molecule has 0 spiro atoms. The number of nitrogens with zero attached hydrogens (tertiary/aromatic N) is 4. The number of likely N-dealkylation sites (tertiary alicyclic amines) is 1. The maximum Gasteiger partial charge on any atom is 0.276 e. The molecule has 1 amide bonds. The number of β-amino-alcohol motifs (C(OH)–C–C–N with tert-alkyl or cyclic N) is 1. The number of benzene rings is 1. The van der Waals surface area contributed by atoms with Crippen LogP contribution < -0.4 is 0 Å². The van der Waals surface area contributed by atoms with E-state index in [9.17, 15) is 14.3 Å². The van der Waals surface area contributed by atoms with E-state index in [0.29, 0.717) is 6.54 Å². The third-order valence-electron chi connectivity index (χ3n) is 4.10. The van der Waals surface area contributed by atoms with Crippen LogP contribution in [0, 0.1) is 11.7 Å². The Morgan fingerprint density at radius 2 is 2.26 bits per heavy atom. The van der Waals surface area contributed by atoms with Crippen molar-refractivity contribution in [2.75, 3.05) is 13.1 Å². The standard InChI is InChI=1S/C15H16ClFN4O2/c1-9-5-6-20(8-13(9)22)15(23)11-7-21(19-18-11)12-4-2-3-10(16)14(12)17/h2-4,7,9,13,22H,5-6,8H2,1H3/t9-,13+/m0/s1. The zero-order valence-corrected chi connectivity index (χ0v) is 13.2. The molecule has 122 valence electrons. The van der Waals surface area contributed by atoms with Gasteiger partial charge in [0.05, 0.1) is 17.3 Å². The first-order chi connectivity index (χ1) is 11.0. The second-order valence-electron chi connectivity index (χ2n) is 5.71. The smallest absolute Gasteiger partial charge is 0.276 e. The molecule has 0 bridgehead atoms.